The molecule has 0 bridgehead atoms. The van der Waals surface area contributed by atoms with Gasteiger partial charge in [-0.2, -0.15) is 0 Å². The van der Waals surface area contributed by atoms with Crippen LogP contribution in [0.15, 0.2) is 24.4 Å². The van der Waals surface area contributed by atoms with Gasteiger partial charge in [0.2, 0.25) is 11.8 Å². The predicted octanol–water partition coefficient (Wildman–Crippen LogP) is 0.913. The standard InChI is InChI=1S/C21H22N6O3/c1-2-14-12-26(25-24-14)11-4-3-10-22-17-7-5-6-15-16(17)13-27(21(15)30)18-8-9-19(28)23-20(18)29/h1,5-7,12,18,22H,3-4,8-11,13H2,(H,23,28,29). The zero-order chi connectivity index (χ0) is 21.1. The van der Waals surface area contributed by atoms with Crippen molar-refractivity contribution in [1.82, 2.24) is 25.2 Å². The third kappa shape index (κ3) is 3.89. The molecule has 1 fully saturated rings. The van der Waals surface area contributed by atoms with Gasteiger partial charge in [-0.05, 0) is 37.3 Å². The van der Waals surface area contributed by atoms with E-state index in [0.717, 1.165) is 37.2 Å². The van der Waals surface area contributed by atoms with E-state index in [2.05, 4.69) is 26.9 Å². The van der Waals surface area contributed by atoms with E-state index in [1.807, 2.05) is 12.1 Å². The predicted molar refractivity (Wildman–Crippen MR) is 108 cm³/mol. The number of nitrogens with one attached hydrogen (secondary N) is 2. The molecule has 4 rings (SSSR count). The average molecular weight is 406 g/mol. The fraction of sp³-hybridized carbons (Fsp3) is 0.381. The van der Waals surface area contributed by atoms with Crippen molar-refractivity contribution >= 4 is 23.4 Å². The number of rotatable bonds is 7. The number of aryl methyl sites for hydroxylation is 1. The quantitative estimate of drug-likeness (QED) is 0.402. The molecular formula is C21H22N6O3. The summed E-state index contributed by atoms with van der Waals surface area (Å²) in [5, 5.41) is 13.6. The first-order chi connectivity index (χ1) is 14.6. The first kappa shape index (κ1) is 19.6. The van der Waals surface area contributed by atoms with Crippen LogP contribution in [0.4, 0.5) is 5.69 Å². The normalized spacial score (nSPS) is 18.2. The second-order valence-corrected chi connectivity index (χ2v) is 7.38. The molecule has 3 heterocycles. The Morgan fingerprint density at radius 2 is 2.13 bits per heavy atom. The SMILES string of the molecule is C#Cc1cn(CCCCNc2cccc3c2CN(C2CCC(=O)NC2=O)C3=O)nn1. The van der Waals surface area contributed by atoms with E-state index in [9.17, 15) is 14.4 Å². The smallest absolute Gasteiger partial charge is 0.255 e. The topological polar surface area (TPSA) is 109 Å². The first-order valence-corrected chi connectivity index (χ1v) is 9.94. The van der Waals surface area contributed by atoms with Gasteiger partial charge in [-0.25, -0.2) is 0 Å². The lowest BCUT2D eigenvalue weighted by molar-refractivity contribution is -0.136. The minimum absolute atomic E-state index is 0.168. The van der Waals surface area contributed by atoms with E-state index in [0.29, 0.717) is 24.2 Å². The van der Waals surface area contributed by atoms with Gasteiger partial charge in [-0.15, -0.1) is 11.5 Å². The molecule has 2 aromatic rings. The Morgan fingerprint density at radius 1 is 1.27 bits per heavy atom. The molecule has 1 saturated heterocycles. The number of hydrogen-bond donors (Lipinski definition) is 2. The third-order valence-corrected chi connectivity index (χ3v) is 5.40. The Balaban J connectivity index is 1.34. The molecule has 9 nitrogen and oxygen atoms in total. The molecule has 0 radical (unpaired) electrons. The van der Waals surface area contributed by atoms with Crippen molar-refractivity contribution in [3.05, 3.63) is 41.2 Å². The number of hydrogen-bond acceptors (Lipinski definition) is 6. The van der Waals surface area contributed by atoms with E-state index < -0.39 is 11.9 Å². The number of benzene rings is 1. The van der Waals surface area contributed by atoms with Crippen LogP contribution in [0.25, 0.3) is 0 Å². The monoisotopic (exact) mass is 406 g/mol. The van der Waals surface area contributed by atoms with Crippen molar-refractivity contribution < 1.29 is 14.4 Å². The Kier molecular flexibility index (Phi) is 5.48. The first-order valence-electron chi connectivity index (χ1n) is 9.94. The van der Waals surface area contributed by atoms with E-state index >= 15 is 0 Å². The maximum absolute atomic E-state index is 12.8. The molecule has 9 heteroatoms. The summed E-state index contributed by atoms with van der Waals surface area (Å²) >= 11 is 0. The number of nitrogens with zero attached hydrogens (tertiary/aromatic N) is 4. The molecule has 2 aliphatic rings. The van der Waals surface area contributed by atoms with Crippen LogP contribution in [-0.4, -0.2) is 50.2 Å². The van der Waals surface area contributed by atoms with Crippen LogP contribution in [0.3, 0.4) is 0 Å². The van der Waals surface area contributed by atoms with Gasteiger partial charge in [0.1, 0.15) is 6.04 Å². The zero-order valence-corrected chi connectivity index (χ0v) is 16.4. The molecule has 1 atom stereocenters. The second-order valence-electron chi connectivity index (χ2n) is 7.38. The zero-order valence-electron chi connectivity index (χ0n) is 16.4. The van der Waals surface area contributed by atoms with Gasteiger partial charge >= 0.3 is 0 Å². The van der Waals surface area contributed by atoms with Crippen LogP contribution in [0.1, 0.15) is 47.3 Å². The van der Waals surface area contributed by atoms with E-state index in [1.54, 1.807) is 21.8 Å². The second kappa shape index (κ2) is 8.37. The lowest BCUT2D eigenvalue weighted by atomic mass is 10.0. The molecule has 1 aromatic carbocycles. The molecule has 1 aromatic heterocycles. The van der Waals surface area contributed by atoms with Crippen LogP contribution in [-0.2, 0) is 22.7 Å². The van der Waals surface area contributed by atoms with Crippen molar-refractivity contribution in [1.29, 1.82) is 0 Å². The van der Waals surface area contributed by atoms with Gasteiger partial charge in [-0.3, -0.25) is 24.4 Å². The summed E-state index contributed by atoms with van der Waals surface area (Å²) in [6.45, 7) is 1.82. The molecule has 2 N–H and O–H groups in total. The van der Waals surface area contributed by atoms with Crippen molar-refractivity contribution in [2.24, 2.45) is 0 Å². The number of carbonyl (C=O) groups excluding carboxylic acids is 3. The summed E-state index contributed by atoms with van der Waals surface area (Å²) in [5.41, 5.74) is 2.92. The maximum Gasteiger partial charge on any atom is 0.255 e. The number of anilines is 1. The molecule has 0 aliphatic carbocycles. The largest absolute Gasteiger partial charge is 0.385 e. The number of carbonyl (C=O) groups is 3. The highest BCUT2D eigenvalue weighted by molar-refractivity contribution is 6.06. The molecule has 30 heavy (non-hydrogen) atoms. The number of unbranched alkanes of at least 4 members (excludes halogenated alkanes) is 1. The highest BCUT2D eigenvalue weighted by Crippen LogP contribution is 2.32. The highest BCUT2D eigenvalue weighted by atomic mass is 16.2. The van der Waals surface area contributed by atoms with Crippen molar-refractivity contribution in [2.45, 2.75) is 44.8 Å². The highest BCUT2D eigenvalue weighted by Gasteiger charge is 2.39. The third-order valence-electron chi connectivity index (χ3n) is 5.40. The van der Waals surface area contributed by atoms with Gasteiger partial charge in [-0.1, -0.05) is 11.3 Å². The minimum Gasteiger partial charge on any atom is -0.385 e. The summed E-state index contributed by atoms with van der Waals surface area (Å²) in [6, 6.07) is 4.95. The van der Waals surface area contributed by atoms with Crippen LogP contribution >= 0.6 is 0 Å². The lowest BCUT2D eigenvalue weighted by Gasteiger charge is -2.29. The lowest BCUT2D eigenvalue weighted by Crippen LogP contribution is -2.52. The number of imide groups is 1. The summed E-state index contributed by atoms with van der Waals surface area (Å²) in [4.78, 5) is 38.0. The number of piperidine rings is 1. The fourth-order valence-corrected chi connectivity index (χ4v) is 3.85. The Morgan fingerprint density at radius 3 is 2.90 bits per heavy atom. The number of fused-ring (bicyclic) bond motifs is 1. The fourth-order valence-electron chi connectivity index (χ4n) is 3.85. The number of amides is 3. The molecule has 0 saturated carbocycles. The van der Waals surface area contributed by atoms with Crippen LogP contribution in [0, 0.1) is 12.3 Å². The summed E-state index contributed by atoms with van der Waals surface area (Å²) in [6.07, 6.45) is 9.44. The summed E-state index contributed by atoms with van der Waals surface area (Å²) in [5.74, 6) is 1.59. The maximum atomic E-state index is 12.8. The van der Waals surface area contributed by atoms with Crippen molar-refractivity contribution in [3.63, 3.8) is 0 Å². The molecule has 1 unspecified atom stereocenters. The van der Waals surface area contributed by atoms with Crippen molar-refractivity contribution in [3.8, 4) is 12.3 Å². The van der Waals surface area contributed by atoms with Gasteiger partial charge in [0.15, 0.2) is 5.69 Å². The van der Waals surface area contributed by atoms with Gasteiger partial charge in [0.25, 0.3) is 5.91 Å². The minimum atomic E-state index is -0.606. The van der Waals surface area contributed by atoms with Gasteiger partial charge < -0.3 is 10.2 Å². The Hall–Kier alpha value is -3.67. The number of aromatic nitrogens is 3. The average Bonchev–Trinajstić information content (AvgIpc) is 3.33. The molecule has 0 spiro atoms. The van der Waals surface area contributed by atoms with Gasteiger partial charge in [0, 0.05) is 42.9 Å². The van der Waals surface area contributed by atoms with E-state index in [4.69, 9.17) is 6.42 Å². The summed E-state index contributed by atoms with van der Waals surface area (Å²) in [7, 11) is 0. The molecule has 2 aliphatic heterocycles. The van der Waals surface area contributed by atoms with E-state index in [1.165, 1.54) is 0 Å². The van der Waals surface area contributed by atoms with Crippen LogP contribution in [0.5, 0.6) is 0 Å². The van der Waals surface area contributed by atoms with Crippen molar-refractivity contribution in [2.75, 3.05) is 11.9 Å². The molecule has 154 valence electrons. The van der Waals surface area contributed by atoms with E-state index in [-0.39, 0.29) is 18.2 Å². The Bertz CT molecular complexity index is 1040. The molecular weight excluding hydrogens is 384 g/mol. The van der Waals surface area contributed by atoms with Crippen LogP contribution in [0.2, 0.25) is 0 Å². The van der Waals surface area contributed by atoms with Crippen LogP contribution < -0.4 is 10.6 Å². The Labute approximate surface area is 173 Å². The van der Waals surface area contributed by atoms with Gasteiger partial charge in [0.05, 0.1) is 6.20 Å². The molecule has 3 amide bonds. The number of terminal acetylenes is 1. The summed E-state index contributed by atoms with van der Waals surface area (Å²) < 4.78 is 1.73.